The number of ether oxygens (including phenoxy) is 1. The van der Waals surface area contributed by atoms with Gasteiger partial charge in [0.2, 0.25) is 5.91 Å². The van der Waals surface area contributed by atoms with Crippen LogP contribution < -0.4 is 15.4 Å². The molecule has 0 aliphatic heterocycles. The lowest BCUT2D eigenvalue weighted by Gasteiger charge is -2.20. The summed E-state index contributed by atoms with van der Waals surface area (Å²) in [6, 6.07) is 8.66. The summed E-state index contributed by atoms with van der Waals surface area (Å²) in [5.74, 6) is 1.16. The molecule has 1 aromatic heterocycles. The van der Waals surface area contributed by atoms with Crippen LogP contribution in [0.4, 0.5) is 5.82 Å². The third kappa shape index (κ3) is 6.77. The molecule has 1 aromatic carbocycles. The van der Waals surface area contributed by atoms with E-state index in [1.807, 2.05) is 38.1 Å². The van der Waals surface area contributed by atoms with Crippen molar-refractivity contribution >= 4 is 17.6 Å². The second kappa shape index (κ2) is 9.75. The summed E-state index contributed by atoms with van der Waals surface area (Å²) >= 11 is 0. The smallest absolute Gasteiger partial charge is 0.258 e. The lowest BCUT2D eigenvalue weighted by molar-refractivity contribution is -0.128. The average Bonchev–Trinajstić information content (AvgIpc) is 3.12. The predicted octanol–water partition coefficient (Wildman–Crippen LogP) is 3.08. The standard InChI is InChI=1S/C20H28N4O3/c1-13(2)11-17(20(26)23-18-9-10-21-24-18)22-19(25)12-27-16-7-5-15(6-8-16)14(3)4/h5-10,13-14,17H,11-12H2,1-4H3,(H,22,25)(H2,21,23,24,26). The number of hydrogen-bond donors (Lipinski definition) is 3. The molecule has 0 aliphatic carbocycles. The summed E-state index contributed by atoms with van der Waals surface area (Å²) in [5, 5.41) is 11.9. The van der Waals surface area contributed by atoms with Gasteiger partial charge in [0.25, 0.3) is 5.91 Å². The summed E-state index contributed by atoms with van der Waals surface area (Å²) in [6.45, 7) is 8.08. The van der Waals surface area contributed by atoms with Crippen molar-refractivity contribution in [1.29, 1.82) is 0 Å². The Labute approximate surface area is 159 Å². The fourth-order valence-corrected chi connectivity index (χ4v) is 2.58. The number of amides is 2. The molecule has 2 aromatic rings. The minimum absolute atomic E-state index is 0.146. The number of nitrogens with one attached hydrogen (secondary N) is 3. The molecule has 1 unspecified atom stereocenters. The minimum atomic E-state index is -0.646. The number of benzene rings is 1. The van der Waals surface area contributed by atoms with Crippen LogP contribution in [0.2, 0.25) is 0 Å². The summed E-state index contributed by atoms with van der Waals surface area (Å²) in [7, 11) is 0. The van der Waals surface area contributed by atoms with Crippen LogP contribution in [0.25, 0.3) is 0 Å². The zero-order valence-corrected chi connectivity index (χ0v) is 16.3. The maximum Gasteiger partial charge on any atom is 0.258 e. The second-order valence-electron chi connectivity index (χ2n) is 7.22. The number of rotatable bonds is 9. The van der Waals surface area contributed by atoms with Gasteiger partial charge in [-0.1, -0.05) is 39.8 Å². The number of aromatic nitrogens is 2. The average molecular weight is 372 g/mol. The van der Waals surface area contributed by atoms with E-state index >= 15 is 0 Å². The Morgan fingerprint density at radius 2 is 1.81 bits per heavy atom. The number of H-pyrrole nitrogens is 1. The summed E-state index contributed by atoms with van der Waals surface area (Å²) in [6.07, 6.45) is 2.07. The molecule has 0 spiro atoms. The lowest BCUT2D eigenvalue weighted by atomic mass is 10.0. The van der Waals surface area contributed by atoms with Crippen LogP contribution in [0.15, 0.2) is 36.5 Å². The number of aromatic amines is 1. The molecule has 2 rings (SSSR count). The van der Waals surface area contributed by atoms with Crippen LogP contribution in [0.3, 0.4) is 0 Å². The van der Waals surface area contributed by atoms with Crippen LogP contribution in [0.5, 0.6) is 5.75 Å². The molecule has 0 fully saturated rings. The van der Waals surface area contributed by atoms with Gasteiger partial charge in [-0.25, -0.2) is 0 Å². The Morgan fingerprint density at radius 3 is 2.37 bits per heavy atom. The zero-order chi connectivity index (χ0) is 19.8. The maximum atomic E-state index is 12.4. The van der Waals surface area contributed by atoms with Gasteiger partial charge in [-0.15, -0.1) is 0 Å². The van der Waals surface area contributed by atoms with Crippen molar-refractivity contribution in [2.45, 2.75) is 46.1 Å². The van der Waals surface area contributed by atoms with E-state index in [4.69, 9.17) is 4.74 Å². The van der Waals surface area contributed by atoms with Gasteiger partial charge >= 0.3 is 0 Å². The van der Waals surface area contributed by atoms with Gasteiger partial charge in [0.1, 0.15) is 17.6 Å². The number of carbonyl (C=O) groups excluding carboxylic acids is 2. The molecule has 0 aliphatic rings. The van der Waals surface area contributed by atoms with Crippen molar-refractivity contribution < 1.29 is 14.3 Å². The van der Waals surface area contributed by atoms with Gasteiger partial charge < -0.3 is 15.4 Å². The molecule has 3 N–H and O–H groups in total. The van der Waals surface area contributed by atoms with Crippen molar-refractivity contribution in [3.8, 4) is 5.75 Å². The van der Waals surface area contributed by atoms with Gasteiger partial charge in [0.05, 0.1) is 6.20 Å². The first-order chi connectivity index (χ1) is 12.8. The Morgan fingerprint density at radius 1 is 1.11 bits per heavy atom. The molecule has 0 saturated carbocycles. The van der Waals surface area contributed by atoms with Gasteiger partial charge in [-0.05, 0) is 36.0 Å². The molecule has 7 nitrogen and oxygen atoms in total. The first-order valence-electron chi connectivity index (χ1n) is 9.17. The van der Waals surface area contributed by atoms with E-state index in [9.17, 15) is 9.59 Å². The molecule has 1 atom stereocenters. The van der Waals surface area contributed by atoms with E-state index < -0.39 is 6.04 Å². The number of carbonyl (C=O) groups is 2. The monoisotopic (exact) mass is 372 g/mol. The molecule has 0 radical (unpaired) electrons. The van der Waals surface area contributed by atoms with E-state index in [0.717, 1.165) is 0 Å². The van der Waals surface area contributed by atoms with Crippen LogP contribution in [-0.4, -0.2) is 34.7 Å². The van der Waals surface area contributed by atoms with E-state index in [1.165, 1.54) is 5.56 Å². The first kappa shape index (κ1) is 20.5. The molecule has 146 valence electrons. The van der Waals surface area contributed by atoms with Crippen molar-refractivity contribution in [2.75, 3.05) is 11.9 Å². The zero-order valence-electron chi connectivity index (χ0n) is 16.3. The Bertz CT molecular complexity index is 724. The second-order valence-corrected chi connectivity index (χ2v) is 7.22. The van der Waals surface area contributed by atoms with Crippen molar-refractivity contribution in [2.24, 2.45) is 5.92 Å². The molecule has 2 amide bonds. The fraction of sp³-hybridized carbons (Fsp3) is 0.450. The number of nitrogens with zero attached hydrogens (tertiary/aromatic N) is 1. The van der Waals surface area contributed by atoms with E-state index in [0.29, 0.717) is 23.9 Å². The van der Waals surface area contributed by atoms with Crippen molar-refractivity contribution in [1.82, 2.24) is 15.5 Å². The molecule has 0 bridgehead atoms. The topological polar surface area (TPSA) is 96.1 Å². The fourth-order valence-electron chi connectivity index (χ4n) is 2.58. The first-order valence-corrected chi connectivity index (χ1v) is 9.17. The van der Waals surface area contributed by atoms with Crippen molar-refractivity contribution in [3.63, 3.8) is 0 Å². The van der Waals surface area contributed by atoms with Crippen LogP contribution in [-0.2, 0) is 9.59 Å². The normalized spacial score (nSPS) is 12.1. The van der Waals surface area contributed by atoms with Gasteiger partial charge in [-0.3, -0.25) is 14.7 Å². The van der Waals surface area contributed by atoms with Crippen LogP contribution >= 0.6 is 0 Å². The van der Waals surface area contributed by atoms with Crippen LogP contribution in [0, 0.1) is 5.92 Å². The highest BCUT2D eigenvalue weighted by Gasteiger charge is 2.22. The van der Waals surface area contributed by atoms with Gasteiger partial charge in [0, 0.05) is 6.07 Å². The SMILES string of the molecule is CC(C)CC(NC(=O)COc1ccc(C(C)C)cc1)C(=O)Nc1ccn[nH]1. The molecule has 7 heteroatoms. The molecule has 27 heavy (non-hydrogen) atoms. The molecular formula is C20H28N4O3. The highest BCUT2D eigenvalue weighted by Crippen LogP contribution is 2.18. The number of anilines is 1. The Balaban J connectivity index is 1.89. The lowest BCUT2D eigenvalue weighted by Crippen LogP contribution is -2.46. The quantitative estimate of drug-likeness (QED) is 0.630. The van der Waals surface area contributed by atoms with Gasteiger partial charge in [0.15, 0.2) is 6.61 Å². The minimum Gasteiger partial charge on any atom is -0.484 e. The van der Waals surface area contributed by atoms with Crippen LogP contribution in [0.1, 0.15) is 45.6 Å². The van der Waals surface area contributed by atoms with E-state index in [-0.39, 0.29) is 24.3 Å². The number of hydrogen-bond acceptors (Lipinski definition) is 4. The largest absolute Gasteiger partial charge is 0.484 e. The third-order valence-corrected chi connectivity index (χ3v) is 4.03. The summed E-state index contributed by atoms with van der Waals surface area (Å²) in [5.41, 5.74) is 1.21. The van der Waals surface area contributed by atoms with E-state index in [2.05, 4.69) is 34.7 Å². The Kier molecular flexibility index (Phi) is 7.40. The molecule has 0 saturated heterocycles. The van der Waals surface area contributed by atoms with E-state index in [1.54, 1.807) is 12.3 Å². The third-order valence-electron chi connectivity index (χ3n) is 4.03. The predicted molar refractivity (Wildman–Crippen MR) is 105 cm³/mol. The highest BCUT2D eigenvalue weighted by atomic mass is 16.5. The summed E-state index contributed by atoms with van der Waals surface area (Å²) < 4.78 is 5.53. The highest BCUT2D eigenvalue weighted by molar-refractivity contribution is 5.96. The van der Waals surface area contributed by atoms with Gasteiger partial charge in [-0.2, -0.15) is 5.10 Å². The summed E-state index contributed by atoms with van der Waals surface area (Å²) in [4.78, 5) is 24.7. The Hall–Kier alpha value is -2.83. The molecule has 1 heterocycles. The maximum absolute atomic E-state index is 12.4. The molecular weight excluding hydrogens is 344 g/mol. The van der Waals surface area contributed by atoms with Crippen molar-refractivity contribution in [3.05, 3.63) is 42.1 Å².